The number of hydrogen-bond donors (Lipinski definition) is 2. The van der Waals surface area contributed by atoms with Crippen LogP contribution in [-0.2, 0) is 12.4 Å². The Morgan fingerprint density at radius 1 is 1.00 bits per heavy atom. The Hall–Kier alpha value is -1.55. The summed E-state index contributed by atoms with van der Waals surface area (Å²) in [5.41, 5.74) is -3.17. The summed E-state index contributed by atoms with van der Waals surface area (Å²) in [6, 6.07) is 1.34. The van der Waals surface area contributed by atoms with Gasteiger partial charge in [-0.15, -0.1) is 0 Å². The largest absolute Gasteiger partial charge is 0.416 e. The summed E-state index contributed by atoms with van der Waals surface area (Å²) in [7, 11) is 3.73. The Labute approximate surface area is 153 Å². The highest BCUT2D eigenvalue weighted by Gasteiger charge is 2.37. The molecule has 0 unspecified atom stereocenters. The third-order valence-corrected chi connectivity index (χ3v) is 4.00. The molecule has 0 aliphatic heterocycles. The van der Waals surface area contributed by atoms with Crippen LogP contribution in [0.5, 0.6) is 0 Å². The van der Waals surface area contributed by atoms with Crippen molar-refractivity contribution in [3.8, 4) is 0 Å². The van der Waals surface area contributed by atoms with E-state index >= 15 is 0 Å². The van der Waals surface area contributed by atoms with E-state index in [9.17, 15) is 26.3 Å². The van der Waals surface area contributed by atoms with Crippen molar-refractivity contribution >= 4 is 23.0 Å². The molecular formula is C16H21F6N3S. The molecule has 0 saturated heterocycles. The van der Waals surface area contributed by atoms with E-state index in [0.29, 0.717) is 18.7 Å². The summed E-state index contributed by atoms with van der Waals surface area (Å²) >= 11 is 5.00. The molecule has 0 aliphatic carbocycles. The van der Waals surface area contributed by atoms with E-state index < -0.39 is 23.5 Å². The van der Waals surface area contributed by atoms with Gasteiger partial charge >= 0.3 is 12.4 Å². The lowest BCUT2D eigenvalue weighted by molar-refractivity contribution is -0.143. The Morgan fingerprint density at radius 2 is 1.46 bits per heavy atom. The minimum absolute atomic E-state index is 0.0510. The minimum Gasteiger partial charge on any atom is -0.361 e. The Balaban J connectivity index is 2.96. The summed E-state index contributed by atoms with van der Waals surface area (Å²) in [6.45, 7) is 4.37. The summed E-state index contributed by atoms with van der Waals surface area (Å²) in [5, 5.41) is 5.18. The quantitative estimate of drug-likeness (QED) is 0.557. The van der Waals surface area contributed by atoms with Crippen LogP contribution in [0.3, 0.4) is 0 Å². The van der Waals surface area contributed by atoms with Gasteiger partial charge < -0.3 is 15.5 Å². The van der Waals surface area contributed by atoms with Crippen molar-refractivity contribution in [3.63, 3.8) is 0 Å². The standard InChI is InChI=1S/C16H21F6N3S/c1-9(2)13(25(3)4)8-23-14(26)24-12-6-10(15(17,18)19)5-11(7-12)16(20,21)22/h5-7,9,13H,8H2,1-4H3,(H2,23,24,26)/t13-/m0/s1. The first-order valence-electron chi connectivity index (χ1n) is 7.72. The lowest BCUT2D eigenvalue weighted by atomic mass is 10.0. The molecule has 0 amide bonds. The van der Waals surface area contributed by atoms with Gasteiger partial charge in [0.05, 0.1) is 11.1 Å². The number of nitrogens with zero attached hydrogens (tertiary/aromatic N) is 1. The van der Waals surface area contributed by atoms with E-state index in [0.717, 1.165) is 0 Å². The maximum absolute atomic E-state index is 12.9. The predicted octanol–water partition coefficient (Wildman–Crippen LogP) is 4.60. The van der Waals surface area contributed by atoms with Crippen LogP contribution in [0.4, 0.5) is 32.0 Å². The van der Waals surface area contributed by atoms with Crippen LogP contribution in [-0.4, -0.2) is 36.7 Å². The molecule has 0 bridgehead atoms. The average molecular weight is 401 g/mol. The van der Waals surface area contributed by atoms with Crippen LogP contribution in [0.2, 0.25) is 0 Å². The summed E-state index contributed by atoms with van der Waals surface area (Å²) in [4.78, 5) is 1.95. The minimum atomic E-state index is -4.90. The van der Waals surface area contributed by atoms with Crippen molar-refractivity contribution in [3.05, 3.63) is 29.3 Å². The van der Waals surface area contributed by atoms with Crippen molar-refractivity contribution in [2.45, 2.75) is 32.2 Å². The number of rotatable bonds is 5. The molecule has 1 atom stereocenters. The van der Waals surface area contributed by atoms with Gasteiger partial charge in [-0.1, -0.05) is 13.8 Å². The maximum Gasteiger partial charge on any atom is 0.416 e. The van der Waals surface area contributed by atoms with Gasteiger partial charge in [0, 0.05) is 18.3 Å². The summed E-state index contributed by atoms with van der Waals surface area (Å²) < 4.78 is 77.1. The molecule has 0 saturated carbocycles. The normalized spacial score (nSPS) is 13.8. The molecule has 26 heavy (non-hydrogen) atoms. The van der Waals surface area contributed by atoms with Crippen LogP contribution < -0.4 is 10.6 Å². The fraction of sp³-hybridized carbons (Fsp3) is 0.562. The number of alkyl halides is 6. The second-order valence-corrected chi connectivity index (χ2v) is 6.81. The van der Waals surface area contributed by atoms with E-state index in [-0.39, 0.29) is 28.8 Å². The van der Waals surface area contributed by atoms with Gasteiger partial charge in [0.2, 0.25) is 0 Å². The molecule has 10 heteroatoms. The molecule has 1 aromatic carbocycles. The Morgan fingerprint density at radius 3 is 1.81 bits per heavy atom. The number of thiocarbonyl (C=S) groups is 1. The first kappa shape index (κ1) is 22.5. The fourth-order valence-electron chi connectivity index (χ4n) is 2.41. The van der Waals surface area contributed by atoms with E-state index in [1.54, 1.807) is 0 Å². The second kappa shape index (κ2) is 8.43. The average Bonchev–Trinajstić information content (AvgIpc) is 2.44. The highest BCUT2D eigenvalue weighted by atomic mass is 32.1. The van der Waals surface area contributed by atoms with Crippen molar-refractivity contribution in [2.24, 2.45) is 5.92 Å². The first-order valence-corrected chi connectivity index (χ1v) is 8.13. The first-order chi connectivity index (χ1) is 11.7. The van der Waals surface area contributed by atoms with Gasteiger partial charge in [0.15, 0.2) is 5.11 Å². The number of nitrogens with one attached hydrogen (secondary N) is 2. The van der Waals surface area contributed by atoms with Crippen LogP contribution in [0.15, 0.2) is 18.2 Å². The van der Waals surface area contributed by atoms with Gasteiger partial charge in [-0.05, 0) is 50.4 Å². The molecule has 148 valence electrons. The molecule has 0 aliphatic rings. The van der Waals surface area contributed by atoms with E-state index in [2.05, 4.69) is 10.6 Å². The van der Waals surface area contributed by atoms with Gasteiger partial charge in [0.25, 0.3) is 0 Å². The summed E-state index contributed by atoms with van der Waals surface area (Å²) in [6.07, 6.45) is -9.80. The SMILES string of the molecule is CC(C)[C@H](CNC(=S)Nc1cc(C(F)(F)F)cc(C(F)(F)F)c1)N(C)C. The van der Waals surface area contributed by atoms with E-state index in [1.807, 2.05) is 32.8 Å². The highest BCUT2D eigenvalue weighted by Crippen LogP contribution is 2.37. The number of hydrogen-bond acceptors (Lipinski definition) is 2. The Bertz CT molecular complexity index is 585. The number of benzene rings is 1. The van der Waals surface area contributed by atoms with E-state index in [1.165, 1.54) is 0 Å². The zero-order valence-corrected chi connectivity index (χ0v) is 15.5. The van der Waals surface area contributed by atoms with Crippen molar-refractivity contribution in [2.75, 3.05) is 26.0 Å². The third kappa shape index (κ3) is 6.64. The van der Waals surface area contributed by atoms with Crippen LogP contribution in [0.25, 0.3) is 0 Å². The molecule has 0 radical (unpaired) electrons. The second-order valence-electron chi connectivity index (χ2n) is 6.40. The predicted molar refractivity (Wildman–Crippen MR) is 93.0 cm³/mol. The molecule has 0 heterocycles. The third-order valence-electron chi connectivity index (χ3n) is 3.75. The van der Waals surface area contributed by atoms with Gasteiger partial charge in [-0.2, -0.15) is 26.3 Å². The molecule has 0 spiro atoms. The van der Waals surface area contributed by atoms with Crippen molar-refractivity contribution in [1.29, 1.82) is 0 Å². The summed E-state index contributed by atoms with van der Waals surface area (Å²) in [5.74, 6) is 0.269. The maximum atomic E-state index is 12.9. The van der Waals surface area contributed by atoms with Crippen molar-refractivity contribution in [1.82, 2.24) is 10.2 Å². The molecule has 0 fully saturated rings. The molecule has 1 aromatic rings. The van der Waals surface area contributed by atoms with Crippen LogP contribution >= 0.6 is 12.2 Å². The fourth-order valence-corrected chi connectivity index (χ4v) is 2.62. The smallest absolute Gasteiger partial charge is 0.361 e. The zero-order valence-electron chi connectivity index (χ0n) is 14.7. The van der Waals surface area contributed by atoms with Gasteiger partial charge in [-0.25, -0.2) is 0 Å². The monoisotopic (exact) mass is 401 g/mol. The zero-order chi connectivity index (χ0) is 20.3. The molecular weight excluding hydrogens is 380 g/mol. The number of halogens is 6. The Kier molecular flexibility index (Phi) is 7.29. The number of anilines is 1. The highest BCUT2D eigenvalue weighted by molar-refractivity contribution is 7.80. The van der Waals surface area contributed by atoms with Gasteiger partial charge in [-0.3, -0.25) is 0 Å². The molecule has 2 N–H and O–H groups in total. The molecule has 1 rings (SSSR count). The lowest BCUT2D eigenvalue weighted by Gasteiger charge is -2.28. The van der Waals surface area contributed by atoms with Crippen LogP contribution in [0.1, 0.15) is 25.0 Å². The van der Waals surface area contributed by atoms with E-state index in [4.69, 9.17) is 12.2 Å². The van der Waals surface area contributed by atoms with Crippen molar-refractivity contribution < 1.29 is 26.3 Å². The lowest BCUT2D eigenvalue weighted by Crippen LogP contribution is -2.44. The number of likely N-dealkylation sites (N-methyl/N-ethyl adjacent to an activating group) is 1. The molecule has 3 nitrogen and oxygen atoms in total. The molecule has 0 aromatic heterocycles. The van der Waals surface area contributed by atoms with Gasteiger partial charge in [0.1, 0.15) is 0 Å². The topological polar surface area (TPSA) is 27.3 Å². The van der Waals surface area contributed by atoms with Crippen LogP contribution in [0, 0.1) is 5.92 Å².